The maximum atomic E-state index is 12.0. The number of aryl methyl sites for hydroxylation is 1. The summed E-state index contributed by atoms with van der Waals surface area (Å²) in [5, 5.41) is 11.4. The minimum absolute atomic E-state index is 0.0102. The van der Waals surface area contributed by atoms with Crippen molar-refractivity contribution in [1.82, 2.24) is 5.32 Å². The van der Waals surface area contributed by atoms with E-state index in [0.717, 1.165) is 12.1 Å². The molecule has 1 atom stereocenters. The second kappa shape index (κ2) is 9.11. The van der Waals surface area contributed by atoms with Gasteiger partial charge in [-0.1, -0.05) is 12.1 Å². The van der Waals surface area contributed by atoms with E-state index in [1.165, 1.54) is 19.2 Å². The molecule has 1 aromatic rings. The van der Waals surface area contributed by atoms with Crippen LogP contribution >= 0.6 is 0 Å². The number of aliphatic carboxylic acids is 1. The van der Waals surface area contributed by atoms with Crippen LogP contribution in [-0.2, 0) is 20.7 Å². The Morgan fingerprint density at radius 3 is 2.38 bits per heavy atom. The second-order valence-electron chi connectivity index (χ2n) is 4.93. The lowest BCUT2D eigenvalue weighted by Gasteiger charge is -2.14. The first kappa shape index (κ1) is 19.8. The number of carboxylic acid groups (broad SMARTS) is 1. The third-order valence-electron chi connectivity index (χ3n) is 3.04. The van der Waals surface area contributed by atoms with E-state index < -0.39 is 24.3 Å². The standard InChI is InChI=1S/C15H18F3NO5/c1-23-9-8-12(14(21)22)19-13(20)7-4-10-2-5-11(6-3-10)24-15(16,17)18/h2-3,5-6,12H,4,7-9H2,1H3,(H,19,20)(H,21,22). The quantitative estimate of drug-likeness (QED) is 0.713. The van der Waals surface area contributed by atoms with Crippen molar-refractivity contribution in [2.24, 2.45) is 0 Å². The van der Waals surface area contributed by atoms with E-state index in [1.807, 2.05) is 0 Å². The number of hydrogen-bond acceptors (Lipinski definition) is 4. The molecule has 2 N–H and O–H groups in total. The highest BCUT2D eigenvalue weighted by atomic mass is 19.4. The summed E-state index contributed by atoms with van der Waals surface area (Å²) >= 11 is 0. The lowest BCUT2D eigenvalue weighted by Crippen LogP contribution is -2.41. The molecule has 1 unspecified atom stereocenters. The number of methoxy groups -OCH3 is 1. The van der Waals surface area contributed by atoms with E-state index in [1.54, 1.807) is 0 Å². The highest BCUT2D eigenvalue weighted by molar-refractivity contribution is 5.83. The molecule has 6 nitrogen and oxygen atoms in total. The molecular formula is C15H18F3NO5. The number of ether oxygens (including phenoxy) is 2. The third kappa shape index (κ3) is 7.82. The number of amides is 1. The van der Waals surface area contributed by atoms with Crippen LogP contribution in [0.5, 0.6) is 5.75 Å². The molecule has 0 fully saturated rings. The van der Waals surface area contributed by atoms with Crippen LogP contribution in [0.25, 0.3) is 0 Å². The molecule has 0 saturated heterocycles. The molecule has 0 aliphatic carbocycles. The van der Waals surface area contributed by atoms with Gasteiger partial charge < -0.3 is 19.9 Å². The van der Waals surface area contributed by atoms with Gasteiger partial charge in [-0.05, 0) is 24.1 Å². The minimum Gasteiger partial charge on any atom is -0.480 e. The SMILES string of the molecule is COCCC(NC(=O)CCc1ccc(OC(F)(F)F)cc1)C(=O)O. The first-order valence-electron chi connectivity index (χ1n) is 7.07. The van der Waals surface area contributed by atoms with Crippen LogP contribution in [0.15, 0.2) is 24.3 Å². The number of carbonyl (C=O) groups is 2. The molecular weight excluding hydrogens is 331 g/mol. The van der Waals surface area contributed by atoms with Crippen LogP contribution in [0.2, 0.25) is 0 Å². The van der Waals surface area contributed by atoms with Crippen LogP contribution < -0.4 is 10.1 Å². The maximum Gasteiger partial charge on any atom is 0.573 e. The summed E-state index contributed by atoms with van der Waals surface area (Å²) in [5.41, 5.74) is 0.628. The van der Waals surface area contributed by atoms with Crippen molar-refractivity contribution in [3.8, 4) is 5.75 Å². The molecule has 1 amide bonds. The van der Waals surface area contributed by atoms with Gasteiger partial charge in [0.15, 0.2) is 0 Å². The molecule has 0 aliphatic rings. The Kier molecular flexibility index (Phi) is 7.50. The summed E-state index contributed by atoms with van der Waals surface area (Å²) in [6.07, 6.45) is -4.35. The summed E-state index contributed by atoms with van der Waals surface area (Å²) < 4.78 is 44.6. The Labute approximate surface area is 136 Å². The number of hydrogen-bond donors (Lipinski definition) is 2. The van der Waals surface area contributed by atoms with Crippen molar-refractivity contribution in [3.05, 3.63) is 29.8 Å². The average molecular weight is 349 g/mol. The Hall–Kier alpha value is -2.29. The monoisotopic (exact) mass is 349 g/mol. The fourth-order valence-corrected chi connectivity index (χ4v) is 1.88. The van der Waals surface area contributed by atoms with Gasteiger partial charge in [0.1, 0.15) is 11.8 Å². The lowest BCUT2D eigenvalue weighted by atomic mass is 10.1. The van der Waals surface area contributed by atoms with Crippen molar-refractivity contribution in [3.63, 3.8) is 0 Å². The zero-order chi connectivity index (χ0) is 18.2. The predicted molar refractivity (Wildman–Crippen MR) is 77.5 cm³/mol. The molecule has 24 heavy (non-hydrogen) atoms. The molecule has 0 radical (unpaired) electrons. The van der Waals surface area contributed by atoms with Gasteiger partial charge in [0, 0.05) is 26.6 Å². The summed E-state index contributed by atoms with van der Waals surface area (Å²) in [6.45, 7) is 0.192. The molecule has 0 bridgehead atoms. The van der Waals surface area contributed by atoms with Gasteiger partial charge in [-0.3, -0.25) is 4.79 Å². The number of carboxylic acids is 1. The molecule has 0 heterocycles. The van der Waals surface area contributed by atoms with Crippen LogP contribution in [0.4, 0.5) is 13.2 Å². The molecule has 0 aromatic heterocycles. The number of rotatable bonds is 9. The predicted octanol–water partition coefficient (Wildman–Crippen LogP) is 2.12. The molecule has 9 heteroatoms. The van der Waals surface area contributed by atoms with Crippen molar-refractivity contribution >= 4 is 11.9 Å². The van der Waals surface area contributed by atoms with E-state index >= 15 is 0 Å². The summed E-state index contributed by atoms with van der Waals surface area (Å²) in [4.78, 5) is 22.8. The number of carbonyl (C=O) groups excluding carboxylic acids is 1. The van der Waals surface area contributed by atoms with Crippen molar-refractivity contribution in [2.75, 3.05) is 13.7 Å². The van der Waals surface area contributed by atoms with Crippen LogP contribution in [-0.4, -0.2) is 43.1 Å². The van der Waals surface area contributed by atoms with Gasteiger partial charge in [-0.15, -0.1) is 13.2 Å². The highest BCUT2D eigenvalue weighted by Crippen LogP contribution is 2.22. The normalized spacial score (nSPS) is 12.5. The summed E-state index contributed by atoms with van der Waals surface area (Å²) in [6, 6.07) is 4.08. The van der Waals surface area contributed by atoms with Crippen LogP contribution in [0, 0.1) is 0 Å². The average Bonchev–Trinajstić information content (AvgIpc) is 2.49. The van der Waals surface area contributed by atoms with Crippen molar-refractivity contribution in [1.29, 1.82) is 0 Å². The van der Waals surface area contributed by atoms with E-state index in [0.29, 0.717) is 5.56 Å². The molecule has 0 aliphatic heterocycles. The number of benzene rings is 1. The molecule has 0 saturated carbocycles. The van der Waals surface area contributed by atoms with Crippen molar-refractivity contribution in [2.45, 2.75) is 31.7 Å². The van der Waals surface area contributed by atoms with Gasteiger partial charge in [0.25, 0.3) is 0 Å². The first-order valence-corrected chi connectivity index (χ1v) is 7.07. The van der Waals surface area contributed by atoms with Gasteiger partial charge in [0.05, 0.1) is 0 Å². The van der Waals surface area contributed by atoms with Gasteiger partial charge in [0.2, 0.25) is 5.91 Å². The topological polar surface area (TPSA) is 84.9 Å². The fourth-order valence-electron chi connectivity index (χ4n) is 1.88. The van der Waals surface area contributed by atoms with Gasteiger partial charge in [-0.2, -0.15) is 0 Å². The summed E-state index contributed by atoms with van der Waals surface area (Å²) in [5.74, 6) is -1.97. The van der Waals surface area contributed by atoms with Crippen LogP contribution in [0.1, 0.15) is 18.4 Å². The second-order valence-corrected chi connectivity index (χ2v) is 4.93. The highest BCUT2D eigenvalue weighted by Gasteiger charge is 2.30. The van der Waals surface area contributed by atoms with E-state index in [-0.39, 0.29) is 31.6 Å². The van der Waals surface area contributed by atoms with Gasteiger partial charge in [-0.25, -0.2) is 4.79 Å². The molecule has 0 spiro atoms. The number of alkyl halides is 3. The largest absolute Gasteiger partial charge is 0.573 e. The molecule has 1 rings (SSSR count). The van der Waals surface area contributed by atoms with Crippen molar-refractivity contribution < 1.29 is 37.3 Å². The third-order valence-corrected chi connectivity index (χ3v) is 3.04. The number of nitrogens with one attached hydrogen (secondary N) is 1. The maximum absolute atomic E-state index is 12.0. The van der Waals surface area contributed by atoms with E-state index in [4.69, 9.17) is 9.84 Å². The number of halogens is 3. The Morgan fingerprint density at radius 1 is 1.25 bits per heavy atom. The minimum atomic E-state index is -4.75. The molecule has 134 valence electrons. The first-order chi connectivity index (χ1) is 11.2. The van der Waals surface area contributed by atoms with Crippen LogP contribution in [0.3, 0.4) is 0 Å². The smallest absolute Gasteiger partial charge is 0.480 e. The Balaban J connectivity index is 2.47. The summed E-state index contributed by atoms with van der Waals surface area (Å²) in [7, 11) is 1.42. The zero-order valence-corrected chi connectivity index (χ0v) is 12.9. The lowest BCUT2D eigenvalue weighted by molar-refractivity contribution is -0.274. The van der Waals surface area contributed by atoms with Gasteiger partial charge >= 0.3 is 12.3 Å². The molecule has 1 aromatic carbocycles. The fraction of sp³-hybridized carbons (Fsp3) is 0.467. The zero-order valence-electron chi connectivity index (χ0n) is 12.9. The van der Waals surface area contributed by atoms with E-state index in [9.17, 15) is 22.8 Å². The Morgan fingerprint density at radius 2 is 1.88 bits per heavy atom. The Bertz CT molecular complexity index is 545. The van der Waals surface area contributed by atoms with E-state index in [2.05, 4.69) is 10.1 Å².